The van der Waals surface area contributed by atoms with Crippen LogP contribution in [0.1, 0.15) is 96.9 Å². The van der Waals surface area contributed by atoms with Crippen molar-refractivity contribution in [3.05, 3.63) is 97.6 Å². The van der Waals surface area contributed by atoms with Crippen LogP contribution in [0.3, 0.4) is 0 Å². The zero-order valence-corrected chi connectivity index (χ0v) is 42.4. The van der Waals surface area contributed by atoms with Gasteiger partial charge in [0.05, 0.1) is 74.5 Å². The van der Waals surface area contributed by atoms with Gasteiger partial charge in [-0.15, -0.1) is 11.8 Å². The number of benzene rings is 2. The van der Waals surface area contributed by atoms with Gasteiger partial charge in [0.2, 0.25) is 29.5 Å². The summed E-state index contributed by atoms with van der Waals surface area (Å²) in [7, 11) is 0. The quantitative estimate of drug-likeness (QED) is 0.0336. The first-order chi connectivity index (χ1) is 36.6. The lowest BCUT2D eigenvalue weighted by Crippen LogP contribution is -2.52. The fraction of sp³-hybridized carbons (Fsp3) is 0.473. The molecule has 4 heterocycles. The van der Waals surface area contributed by atoms with Crippen LogP contribution >= 0.6 is 0 Å². The molecule has 2 aromatic heterocycles. The van der Waals surface area contributed by atoms with Gasteiger partial charge >= 0.3 is 12.1 Å². The van der Waals surface area contributed by atoms with Gasteiger partial charge in [0.1, 0.15) is 18.5 Å². The highest BCUT2D eigenvalue weighted by Gasteiger charge is 2.49. The number of hydrogen-bond acceptors (Lipinski definition) is 13. The van der Waals surface area contributed by atoms with Gasteiger partial charge in [-0.25, -0.2) is 19.0 Å². The minimum absolute atomic E-state index is 0.0362. The highest BCUT2D eigenvalue weighted by molar-refractivity contribution is 5.95. The lowest BCUT2D eigenvalue weighted by atomic mass is 9.81. The largest absolute Gasteiger partial charge is 0.458 e. The predicted molar refractivity (Wildman–Crippen MR) is 271 cm³/mol. The smallest absolute Gasteiger partial charge is 0.407 e. The van der Waals surface area contributed by atoms with E-state index in [-0.39, 0.29) is 63.3 Å². The summed E-state index contributed by atoms with van der Waals surface area (Å²) < 4.78 is 33.0. The number of rotatable bonds is 20. The number of nitrogens with zero attached hydrogens (tertiary/aromatic N) is 2. The molecule has 0 spiro atoms. The first-order valence-corrected chi connectivity index (χ1v) is 25.8. The highest BCUT2D eigenvalue weighted by Crippen LogP contribution is 2.52. The third-order valence-corrected chi connectivity index (χ3v) is 15.2. The Hall–Kier alpha value is -7.70. The van der Waals surface area contributed by atoms with Crippen LogP contribution in [0.25, 0.3) is 22.3 Å². The van der Waals surface area contributed by atoms with Crippen LogP contribution in [0.4, 0.5) is 9.18 Å². The van der Waals surface area contributed by atoms with Gasteiger partial charge in [0, 0.05) is 54.8 Å². The van der Waals surface area contributed by atoms with E-state index < -0.39 is 90.3 Å². The number of ether oxygens (including phenoxy) is 3. The molecule has 0 bridgehead atoms. The van der Waals surface area contributed by atoms with E-state index in [1.165, 1.54) is 10.6 Å². The number of esters is 1. The third kappa shape index (κ3) is 11.4. The summed E-state index contributed by atoms with van der Waals surface area (Å²) in [6.45, 7) is 2.30. The summed E-state index contributed by atoms with van der Waals surface area (Å²) in [5, 5.41) is 27.8. The Morgan fingerprint density at radius 2 is 1.62 bits per heavy atom. The average Bonchev–Trinajstić information content (AvgIpc) is 4.09. The number of nitrogens with one attached hydrogen (secondary N) is 6. The molecule has 7 N–H and O–H groups in total. The molecular weight excluding hydrogens is 984 g/mol. The van der Waals surface area contributed by atoms with Crippen molar-refractivity contribution in [3.63, 3.8) is 0 Å². The van der Waals surface area contributed by atoms with E-state index in [0.29, 0.717) is 87.3 Å². The molecule has 3 aliphatic carbocycles. The van der Waals surface area contributed by atoms with Crippen LogP contribution < -0.4 is 37.5 Å². The monoisotopic (exact) mass is 1040 g/mol. The fourth-order valence-electron chi connectivity index (χ4n) is 11.0. The van der Waals surface area contributed by atoms with Crippen LogP contribution in [0.15, 0.2) is 47.3 Å². The first kappa shape index (κ1) is 53.1. The Kier molecular flexibility index (Phi) is 16.1. The number of carbonyl (C=O) groups is 7. The minimum atomic E-state index is -2.06. The van der Waals surface area contributed by atoms with Crippen LogP contribution in [0.5, 0.6) is 0 Å². The van der Waals surface area contributed by atoms with Crippen LogP contribution in [0, 0.1) is 42.3 Å². The number of cyclic esters (lactones) is 1. The molecule has 6 amide bonds. The van der Waals surface area contributed by atoms with E-state index in [9.17, 15) is 43.5 Å². The van der Waals surface area contributed by atoms with Gasteiger partial charge < -0.3 is 55.8 Å². The lowest BCUT2D eigenvalue weighted by Gasteiger charge is -2.31. The second-order valence-electron chi connectivity index (χ2n) is 19.9. The Labute approximate surface area is 437 Å². The molecule has 1 fully saturated rings. The number of aromatic nitrogens is 2. The molecule has 1 saturated carbocycles. The molecule has 76 heavy (non-hydrogen) atoms. The molecule has 0 saturated heterocycles. The van der Waals surface area contributed by atoms with Gasteiger partial charge in [-0.1, -0.05) is 37.3 Å². The summed E-state index contributed by atoms with van der Waals surface area (Å²) in [6.07, 6.45) is 3.99. The van der Waals surface area contributed by atoms with E-state index in [0.717, 1.165) is 25.7 Å². The van der Waals surface area contributed by atoms with Crippen LogP contribution in [-0.2, 0) is 74.6 Å². The summed E-state index contributed by atoms with van der Waals surface area (Å²) in [5.74, 6) is 3.42. The van der Waals surface area contributed by atoms with Crippen molar-refractivity contribution in [2.45, 2.75) is 102 Å². The summed E-state index contributed by atoms with van der Waals surface area (Å²) >= 11 is 0. The molecule has 3 unspecified atom stereocenters. The third-order valence-electron chi connectivity index (χ3n) is 15.2. The zero-order chi connectivity index (χ0) is 53.7. The summed E-state index contributed by atoms with van der Waals surface area (Å²) in [5.41, 5.74) is 1.78. The predicted octanol–water partition coefficient (Wildman–Crippen LogP) is 2.28. The van der Waals surface area contributed by atoms with Crippen molar-refractivity contribution in [2.24, 2.45) is 17.8 Å². The SMILES string of the molecule is CC[C@@]1(O)C(=O)OCc2c1cc1n(c2=O)Cc2c-1nc1cc(F)c(C)c3c1c2C(NC(=O)CNC(=O)[C@@H](Cc1ccccc1)NC(=O)CNC(=O)CNC(=O)CCOCCNC(=O)OCC1C2CCC#CCCC21)CC3. The number of amides is 6. The molecule has 4 aromatic rings. The molecule has 0 radical (unpaired) electrons. The Balaban J connectivity index is 0.754. The maximum absolute atomic E-state index is 15.5. The first-order valence-electron chi connectivity index (χ1n) is 25.8. The standard InChI is InChI=1S/C55H61FN8O12/c1-3-55(73)38-22-43-50-35(27-64(43)52(70)37(38)29-75-53(55)71)49-40(16-15-32-30(2)39(56)23-41(63-50)48(32)49)61-47(68)26-60-51(69)42(21-31-11-7-6-8-12-31)62-46(67)25-59-45(66)24-58-44(65)17-19-74-20-18-57-54(72)76-28-36-33-13-9-4-5-10-14-34(33)36/h6-8,11-12,22-23,33-34,36,40,42,73H,3,9-10,13-21,24-29H2,1-2H3,(H,57,72)(H,58,65)(H,59,66)(H,60,69)(H,61,68)(H,62,67)/t33?,34?,36?,40?,42-,55+/m1/s1. The number of halogens is 1. The number of aryl methyl sites for hydroxylation is 1. The van der Waals surface area contributed by atoms with Crippen molar-refractivity contribution in [3.8, 4) is 23.2 Å². The molecule has 9 rings (SSSR count). The van der Waals surface area contributed by atoms with Crippen LogP contribution in [0.2, 0.25) is 0 Å². The molecule has 2 aromatic carbocycles. The highest BCUT2D eigenvalue weighted by atomic mass is 19.1. The van der Waals surface area contributed by atoms with E-state index in [1.807, 2.05) is 0 Å². The molecule has 20 nitrogen and oxygen atoms in total. The zero-order valence-electron chi connectivity index (χ0n) is 42.4. The Bertz CT molecular complexity index is 3100. The molecule has 5 aliphatic rings. The number of hydrogen-bond donors (Lipinski definition) is 7. The van der Waals surface area contributed by atoms with Crippen molar-refractivity contribution in [2.75, 3.05) is 46.0 Å². The maximum Gasteiger partial charge on any atom is 0.407 e. The van der Waals surface area contributed by atoms with Crippen molar-refractivity contribution in [1.29, 1.82) is 0 Å². The number of carbonyl (C=O) groups excluding carboxylic acids is 7. The topological polar surface area (TPSA) is 274 Å². The van der Waals surface area contributed by atoms with E-state index in [1.54, 1.807) is 50.2 Å². The molecule has 400 valence electrons. The second-order valence-corrected chi connectivity index (χ2v) is 19.9. The van der Waals surface area contributed by atoms with Crippen LogP contribution in [-0.4, -0.2) is 108 Å². The lowest BCUT2D eigenvalue weighted by molar-refractivity contribution is -0.172. The molecule has 2 aliphatic heterocycles. The van der Waals surface area contributed by atoms with Crippen molar-refractivity contribution in [1.82, 2.24) is 41.5 Å². The van der Waals surface area contributed by atoms with Gasteiger partial charge in [-0.2, -0.15) is 0 Å². The molecular formula is C55H61FN8O12. The summed E-state index contributed by atoms with van der Waals surface area (Å²) in [4.78, 5) is 110. The average molecular weight is 1050 g/mol. The Morgan fingerprint density at radius 3 is 2.37 bits per heavy atom. The fourth-order valence-corrected chi connectivity index (χ4v) is 11.0. The molecule has 21 heteroatoms. The van der Waals surface area contributed by atoms with E-state index >= 15 is 4.39 Å². The normalized spacial score (nSPS) is 20.8. The second kappa shape index (κ2) is 23.0. The Morgan fingerprint density at radius 1 is 0.895 bits per heavy atom. The van der Waals surface area contributed by atoms with Gasteiger partial charge in [0.25, 0.3) is 5.56 Å². The number of alkyl carbamates (subject to hydrolysis) is 1. The molecule has 5 atom stereocenters. The van der Waals surface area contributed by atoms with Gasteiger partial charge in [0.15, 0.2) is 5.60 Å². The van der Waals surface area contributed by atoms with Gasteiger partial charge in [-0.05, 0) is 85.1 Å². The van der Waals surface area contributed by atoms with Crippen molar-refractivity contribution < 1.29 is 57.3 Å². The minimum Gasteiger partial charge on any atom is -0.458 e. The maximum atomic E-state index is 15.5. The number of aliphatic hydroxyl groups is 1. The summed E-state index contributed by atoms with van der Waals surface area (Å²) in [6, 6.07) is 9.90. The number of pyridine rings is 2. The van der Waals surface area contributed by atoms with Crippen molar-refractivity contribution >= 4 is 52.5 Å². The van der Waals surface area contributed by atoms with E-state index in [4.69, 9.17) is 19.2 Å². The van der Waals surface area contributed by atoms with E-state index in [2.05, 4.69) is 43.7 Å². The van der Waals surface area contributed by atoms with Gasteiger partial charge in [-0.3, -0.25) is 28.8 Å². The number of fused-ring (bicyclic) bond motifs is 6.